The Morgan fingerprint density at radius 1 is 1.02 bits per heavy atom. The Morgan fingerprint density at radius 3 is 2.29 bits per heavy atom. The van der Waals surface area contributed by atoms with E-state index < -0.39 is 28.5 Å². The van der Waals surface area contributed by atoms with Crippen molar-refractivity contribution < 1.29 is 22.7 Å². The number of rotatable bonds is 12. The third-order valence-electron chi connectivity index (χ3n) is 6.41. The van der Waals surface area contributed by atoms with Crippen LogP contribution in [0.5, 0.6) is 5.75 Å². The van der Waals surface area contributed by atoms with E-state index in [1.807, 2.05) is 20.8 Å². The van der Waals surface area contributed by atoms with Gasteiger partial charge >= 0.3 is 0 Å². The maximum Gasteiger partial charge on any atom is 0.264 e. The van der Waals surface area contributed by atoms with E-state index in [-0.39, 0.29) is 23.3 Å². The van der Waals surface area contributed by atoms with Gasteiger partial charge in [0, 0.05) is 18.1 Å². The predicted octanol–water partition coefficient (Wildman–Crippen LogP) is 5.80. The zero-order chi connectivity index (χ0) is 30.3. The zero-order valence-electron chi connectivity index (χ0n) is 23.7. The fourth-order valence-corrected chi connectivity index (χ4v) is 6.39. The molecule has 2 amide bonds. The SMILES string of the molecule is COc1ccc(S(=O)(=O)N(CC(=O)N(Cc2cccc(Cl)c2)[C@H](C)C(=O)NCC(C)C)c2ccc(C)cc2)cc1Br. The highest BCUT2D eigenvalue weighted by atomic mass is 79.9. The summed E-state index contributed by atoms with van der Waals surface area (Å²) in [6, 6.07) is 17.4. The van der Waals surface area contributed by atoms with Gasteiger partial charge in [-0.05, 0) is 83.7 Å². The van der Waals surface area contributed by atoms with Crippen LogP contribution in [0, 0.1) is 12.8 Å². The number of ether oxygens (including phenoxy) is 1. The van der Waals surface area contributed by atoms with E-state index in [1.54, 1.807) is 61.5 Å². The van der Waals surface area contributed by atoms with Crippen molar-refractivity contribution in [2.75, 3.05) is 24.5 Å². The molecule has 1 atom stereocenters. The summed E-state index contributed by atoms with van der Waals surface area (Å²) < 4.78 is 34.8. The van der Waals surface area contributed by atoms with Crippen LogP contribution in [0.2, 0.25) is 5.02 Å². The molecule has 0 bridgehead atoms. The molecule has 8 nitrogen and oxygen atoms in total. The van der Waals surface area contributed by atoms with E-state index in [0.717, 1.165) is 9.87 Å². The zero-order valence-corrected chi connectivity index (χ0v) is 26.9. The third-order valence-corrected chi connectivity index (χ3v) is 9.03. The van der Waals surface area contributed by atoms with Crippen molar-refractivity contribution in [1.82, 2.24) is 10.2 Å². The van der Waals surface area contributed by atoms with E-state index in [0.29, 0.717) is 33.0 Å². The molecule has 0 aliphatic rings. The first-order valence-corrected chi connectivity index (χ1v) is 15.7. The van der Waals surface area contributed by atoms with Gasteiger partial charge in [0.2, 0.25) is 11.8 Å². The van der Waals surface area contributed by atoms with Crippen LogP contribution in [-0.4, -0.2) is 51.4 Å². The average molecular weight is 665 g/mol. The van der Waals surface area contributed by atoms with Gasteiger partial charge in [0.05, 0.1) is 22.2 Å². The number of nitrogens with zero attached hydrogens (tertiary/aromatic N) is 2. The second-order valence-electron chi connectivity index (χ2n) is 10.1. The second-order valence-corrected chi connectivity index (χ2v) is 13.3. The molecule has 3 aromatic rings. The van der Waals surface area contributed by atoms with Crippen LogP contribution in [0.4, 0.5) is 5.69 Å². The van der Waals surface area contributed by atoms with Crippen LogP contribution < -0.4 is 14.4 Å². The molecule has 0 saturated carbocycles. The van der Waals surface area contributed by atoms with Crippen molar-refractivity contribution >= 4 is 55.1 Å². The minimum absolute atomic E-state index is 0.0253. The quantitative estimate of drug-likeness (QED) is 0.264. The van der Waals surface area contributed by atoms with E-state index in [2.05, 4.69) is 21.2 Å². The molecule has 0 saturated heterocycles. The Bertz CT molecular complexity index is 1480. The molecule has 1 N–H and O–H groups in total. The lowest BCUT2D eigenvalue weighted by Crippen LogP contribution is -2.51. The van der Waals surface area contributed by atoms with Gasteiger partial charge in [-0.25, -0.2) is 8.42 Å². The van der Waals surface area contributed by atoms with Crippen LogP contribution in [0.15, 0.2) is 76.1 Å². The van der Waals surface area contributed by atoms with Crippen LogP contribution in [0.25, 0.3) is 0 Å². The summed E-state index contributed by atoms with van der Waals surface area (Å²) in [5, 5.41) is 3.36. The Morgan fingerprint density at radius 2 is 1.71 bits per heavy atom. The van der Waals surface area contributed by atoms with E-state index >= 15 is 0 Å². The Balaban J connectivity index is 2.04. The van der Waals surface area contributed by atoms with Gasteiger partial charge in [-0.3, -0.25) is 13.9 Å². The molecule has 0 aliphatic heterocycles. The molecule has 220 valence electrons. The van der Waals surface area contributed by atoms with Gasteiger partial charge in [0.25, 0.3) is 10.0 Å². The molecule has 3 rings (SSSR count). The number of carbonyl (C=O) groups excluding carboxylic acids is 2. The summed E-state index contributed by atoms with van der Waals surface area (Å²) >= 11 is 9.54. The number of methoxy groups -OCH3 is 1. The molecule has 0 aliphatic carbocycles. The van der Waals surface area contributed by atoms with Crippen LogP contribution >= 0.6 is 27.5 Å². The first-order chi connectivity index (χ1) is 19.3. The van der Waals surface area contributed by atoms with Crippen molar-refractivity contribution in [2.24, 2.45) is 5.92 Å². The molecule has 0 fully saturated rings. The summed E-state index contributed by atoms with van der Waals surface area (Å²) in [6.45, 7) is 7.44. The number of halogens is 2. The third kappa shape index (κ3) is 8.47. The van der Waals surface area contributed by atoms with Crippen LogP contribution in [-0.2, 0) is 26.2 Å². The van der Waals surface area contributed by atoms with Gasteiger partial charge < -0.3 is 15.0 Å². The number of hydrogen-bond donors (Lipinski definition) is 1. The summed E-state index contributed by atoms with van der Waals surface area (Å²) in [7, 11) is -2.73. The van der Waals surface area contributed by atoms with Crippen LogP contribution in [0.3, 0.4) is 0 Å². The molecule has 0 spiro atoms. The van der Waals surface area contributed by atoms with Gasteiger partial charge in [0.1, 0.15) is 18.3 Å². The number of sulfonamides is 1. The molecule has 41 heavy (non-hydrogen) atoms. The summed E-state index contributed by atoms with van der Waals surface area (Å²) in [6.07, 6.45) is 0. The maximum atomic E-state index is 14.0. The molecule has 0 radical (unpaired) electrons. The summed E-state index contributed by atoms with van der Waals surface area (Å²) in [5.74, 6) is -0.197. The van der Waals surface area contributed by atoms with Crippen LogP contribution in [0.1, 0.15) is 31.9 Å². The number of anilines is 1. The number of benzene rings is 3. The highest BCUT2D eigenvalue weighted by Gasteiger charge is 2.33. The highest BCUT2D eigenvalue weighted by molar-refractivity contribution is 9.10. The molecule has 11 heteroatoms. The van der Waals surface area contributed by atoms with Crippen molar-refractivity contribution in [2.45, 2.75) is 45.2 Å². The fourth-order valence-electron chi connectivity index (χ4n) is 4.04. The molecule has 0 heterocycles. The number of aryl methyl sites for hydroxylation is 1. The Labute approximate surface area is 255 Å². The lowest BCUT2D eigenvalue weighted by molar-refractivity contribution is -0.139. The van der Waals surface area contributed by atoms with Crippen molar-refractivity contribution in [3.05, 3.63) is 87.4 Å². The first kappa shape index (κ1) is 32.4. The molecule has 3 aromatic carbocycles. The topological polar surface area (TPSA) is 96.0 Å². The summed E-state index contributed by atoms with van der Waals surface area (Å²) in [4.78, 5) is 28.4. The van der Waals surface area contributed by atoms with E-state index in [1.165, 1.54) is 24.1 Å². The van der Waals surface area contributed by atoms with Crippen molar-refractivity contribution in [3.63, 3.8) is 0 Å². The summed E-state index contributed by atoms with van der Waals surface area (Å²) in [5.41, 5.74) is 1.95. The van der Waals surface area contributed by atoms with Gasteiger partial charge in [-0.1, -0.05) is 55.3 Å². The highest BCUT2D eigenvalue weighted by Crippen LogP contribution is 2.31. The first-order valence-electron chi connectivity index (χ1n) is 13.1. The average Bonchev–Trinajstić information content (AvgIpc) is 2.93. The van der Waals surface area contributed by atoms with Gasteiger partial charge in [0.15, 0.2) is 0 Å². The molecular formula is C30H35BrClN3O5S. The van der Waals surface area contributed by atoms with Crippen molar-refractivity contribution in [3.8, 4) is 5.75 Å². The predicted molar refractivity (Wildman–Crippen MR) is 166 cm³/mol. The fraction of sp³-hybridized carbons (Fsp3) is 0.333. The van der Waals surface area contributed by atoms with Gasteiger partial charge in [-0.2, -0.15) is 0 Å². The van der Waals surface area contributed by atoms with E-state index in [9.17, 15) is 18.0 Å². The number of amides is 2. The monoisotopic (exact) mass is 663 g/mol. The molecule has 0 unspecified atom stereocenters. The van der Waals surface area contributed by atoms with E-state index in [4.69, 9.17) is 16.3 Å². The Kier molecular flexibility index (Phi) is 11.2. The normalized spacial score (nSPS) is 12.1. The van der Waals surface area contributed by atoms with Gasteiger partial charge in [-0.15, -0.1) is 0 Å². The lowest BCUT2D eigenvalue weighted by Gasteiger charge is -2.32. The number of carbonyl (C=O) groups is 2. The maximum absolute atomic E-state index is 14.0. The molecular weight excluding hydrogens is 630 g/mol. The standard InChI is InChI=1S/C30H35BrClN3O5S/c1-20(2)17-33-30(37)22(4)34(18-23-7-6-8-24(32)15-23)29(36)19-35(25-11-9-21(3)10-12-25)41(38,39)26-13-14-28(40-5)27(31)16-26/h6-16,20,22H,17-19H2,1-5H3,(H,33,37)/t22-/m1/s1. The Hall–Kier alpha value is -3.08. The smallest absolute Gasteiger partial charge is 0.264 e. The van der Waals surface area contributed by atoms with Crippen molar-refractivity contribution in [1.29, 1.82) is 0 Å². The second kappa shape index (κ2) is 14.2. The lowest BCUT2D eigenvalue weighted by atomic mass is 10.1. The minimum atomic E-state index is -4.21. The number of nitrogens with one attached hydrogen (secondary N) is 1. The largest absolute Gasteiger partial charge is 0.496 e. The minimum Gasteiger partial charge on any atom is -0.496 e. The molecule has 0 aromatic heterocycles. The number of hydrogen-bond acceptors (Lipinski definition) is 5.